The number of anilines is 1. The van der Waals surface area contributed by atoms with Crippen LogP contribution < -0.4 is 10.6 Å². The van der Waals surface area contributed by atoms with Crippen LogP contribution in [-0.2, 0) is 9.59 Å². The minimum absolute atomic E-state index is 0.0480. The summed E-state index contributed by atoms with van der Waals surface area (Å²) in [5, 5.41) is 6.24. The number of benzene rings is 1. The zero-order valence-electron chi connectivity index (χ0n) is 18.9. The molecular weight excluding hydrogens is 494 g/mol. The summed E-state index contributed by atoms with van der Waals surface area (Å²) in [6, 6.07) is 15.3. The number of carbonyl (C=O) groups excluding carboxylic acids is 2. The normalized spacial score (nSPS) is 18.0. The van der Waals surface area contributed by atoms with Gasteiger partial charge in [-0.1, -0.05) is 28.1 Å². The second-order valence-electron chi connectivity index (χ2n) is 8.65. The fourth-order valence-corrected chi connectivity index (χ4v) is 4.90. The van der Waals surface area contributed by atoms with Crippen LogP contribution in [0.2, 0.25) is 0 Å². The molecule has 0 fully saturated rings. The third-order valence-electron chi connectivity index (χ3n) is 6.22. The van der Waals surface area contributed by atoms with Gasteiger partial charge < -0.3 is 15.1 Å². The molecule has 1 amide bonds. The number of rotatable bonds is 4. The summed E-state index contributed by atoms with van der Waals surface area (Å²) < 4.78 is 7.26. The van der Waals surface area contributed by atoms with E-state index < -0.39 is 5.92 Å². The van der Waals surface area contributed by atoms with Gasteiger partial charge in [0.15, 0.2) is 5.78 Å². The zero-order chi connectivity index (χ0) is 23.8. The third kappa shape index (κ3) is 4.23. The van der Waals surface area contributed by atoms with Crippen LogP contribution in [0.4, 0.5) is 5.82 Å². The van der Waals surface area contributed by atoms with Gasteiger partial charge in [0.05, 0.1) is 11.5 Å². The number of allylic oxidation sites excluding steroid dienone is 3. The molecule has 2 aliphatic rings. The van der Waals surface area contributed by atoms with Crippen molar-refractivity contribution >= 4 is 33.4 Å². The van der Waals surface area contributed by atoms with Crippen LogP contribution in [0.3, 0.4) is 0 Å². The molecule has 1 aliphatic carbocycles. The summed E-state index contributed by atoms with van der Waals surface area (Å²) in [7, 11) is 0. The Kier molecular flexibility index (Phi) is 5.96. The molecular formula is C27H24BrN3O3. The van der Waals surface area contributed by atoms with Crippen molar-refractivity contribution in [3.05, 3.63) is 93.1 Å². The van der Waals surface area contributed by atoms with Crippen LogP contribution in [-0.4, -0.2) is 16.7 Å². The van der Waals surface area contributed by atoms with E-state index in [9.17, 15) is 9.59 Å². The number of pyridine rings is 1. The predicted octanol–water partition coefficient (Wildman–Crippen LogP) is 6.02. The summed E-state index contributed by atoms with van der Waals surface area (Å²) >= 11 is 3.46. The fourth-order valence-electron chi connectivity index (χ4n) is 4.63. The number of aryl methyl sites for hydroxylation is 1. The van der Waals surface area contributed by atoms with E-state index in [0.29, 0.717) is 40.6 Å². The van der Waals surface area contributed by atoms with E-state index in [4.69, 9.17) is 4.42 Å². The lowest BCUT2D eigenvalue weighted by atomic mass is 9.77. The van der Waals surface area contributed by atoms with Gasteiger partial charge in [0, 0.05) is 39.6 Å². The van der Waals surface area contributed by atoms with Gasteiger partial charge in [-0.2, -0.15) is 0 Å². The lowest BCUT2D eigenvalue weighted by molar-refractivity contribution is -0.116. The van der Waals surface area contributed by atoms with E-state index >= 15 is 0 Å². The van der Waals surface area contributed by atoms with E-state index in [1.807, 2.05) is 62.4 Å². The van der Waals surface area contributed by atoms with Crippen LogP contribution in [0, 0.1) is 6.92 Å². The topological polar surface area (TPSA) is 84.2 Å². The van der Waals surface area contributed by atoms with Gasteiger partial charge in [0.2, 0.25) is 0 Å². The SMILES string of the molecule is CC1=C(C(=O)Nc2cc(C)ccn2)[C@@H](c2ccc(-c3ccc(Br)cc3)o2)C2=C(CCCC2=O)N1. The zero-order valence-corrected chi connectivity index (χ0v) is 20.5. The number of amides is 1. The first-order valence-corrected chi connectivity index (χ1v) is 12.0. The first kappa shape index (κ1) is 22.3. The molecule has 2 aromatic heterocycles. The number of nitrogens with one attached hydrogen (secondary N) is 2. The Morgan fingerprint density at radius 3 is 2.68 bits per heavy atom. The van der Waals surface area contributed by atoms with Gasteiger partial charge >= 0.3 is 0 Å². The number of ketones is 1. The van der Waals surface area contributed by atoms with Gasteiger partial charge in [-0.25, -0.2) is 4.98 Å². The number of nitrogens with zero attached hydrogens (tertiary/aromatic N) is 1. The Labute approximate surface area is 206 Å². The average molecular weight is 518 g/mol. The summed E-state index contributed by atoms with van der Waals surface area (Å²) in [6.45, 7) is 3.81. The monoisotopic (exact) mass is 517 g/mol. The summed E-state index contributed by atoms with van der Waals surface area (Å²) in [5.74, 6) is 0.881. The Balaban J connectivity index is 1.57. The molecule has 1 atom stereocenters. The van der Waals surface area contributed by atoms with Crippen LogP contribution in [0.5, 0.6) is 0 Å². The third-order valence-corrected chi connectivity index (χ3v) is 6.75. The molecule has 34 heavy (non-hydrogen) atoms. The lowest BCUT2D eigenvalue weighted by Crippen LogP contribution is -2.35. The van der Waals surface area contributed by atoms with Crippen LogP contribution in [0.1, 0.15) is 43.4 Å². The van der Waals surface area contributed by atoms with Crippen LogP contribution >= 0.6 is 15.9 Å². The molecule has 7 heteroatoms. The first-order valence-electron chi connectivity index (χ1n) is 11.2. The molecule has 1 aromatic carbocycles. The van der Waals surface area contributed by atoms with Crippen molar-refractivity contribution in [2.75, 3.05) is 5.32 Å². The maximum Gasteiger partial charge on any atom is 0.255 e. The molecule has 5 rings (SSSR count). The number of aromatic nitrogens is 1. The van der Waals surface area contributed by atoms with E-state index in [2.05, 4.69) is 31.5 Å². The maximum absolute atomic E-state index is 13.5. The van der Waals surface area contributed by atoms with E-state index in [-0.39, 0.29) is 11.7 Å². The highest BCUT2D eigenvalue weighted by Gasteiger charge is 2.40. The second-order valence-corrected chi connectivity index (χ2v) is 9.56. The van der Waals surface area contributed by atoms with Crippen molar-refractivity contribution in [2.24, 2.45) is 0 Å². The first-order chi connectivity index (χ1) is 16.4. The Morgan fingerprint density at radius 2 is 1.91 bits per heavy atom. The number of dihydropyridines is 1. The smallest absolute Gasteiger partial charge is 0.255 e. The number of carbonyl (C=O) groups is 2. The molecule has 0 spiro atoms. The molecule has 0 saturated heterocycles. The molecule has 0 saturated carbocycles. The quantitative estimate of drug-likeness (QED) is 0.442. The Morgan fingerprint density at radius 1 is 1.12 bits per heavy atom. The van der Waals surface area contributed by atoms with Crippen molar-refractivity contribution < 1.29 is 14.0 Å². The lowest BCUT2D eigenvalue weighted by Gasteiger charge is -2.33. The number of hydrogen-bond acceptors (Lipinski definition) is 5. The number of furan rings is 1. The molecule has 172 valence electrons. The highest BCUT2D eigenvalue weighted by molar-refractivity contribution is 9.10. The molecule has 3 heterocycles. The summed E-state index contributed by atoms with van der Waals surface area (Å²) in [5.41, 5.74) is 4.59. The molecule has 0 bridgehead atoms. The van der Waals surface area contributed by atoms with E-state index in [1.54, 1.807) is 6.20 Å². The highest BCUT2D eigenvalue weighted by Crippen LogP contribution is 2.43. The average Bonchev–Trinajstić information content (AvgIpc) is 3.29. The maximum atomic E-state index is 13.5. The van der Waals surface area contributed by atoms with Gasteiger partial charge in [0.1, 0.15) is 17.3 Å². The van der Waals surface area contributed by atoms with Gasteiger partial charge in [-0.3, -0.25) is 9.59 Å². The number of hydrogen-bond donors (Lipinski definition) is 2. The van der Waals surface area contributed by atoms with Gasteiger partial charge in [-0.05, 0) is 68.7 Å². The van der Waals surface area contributed by atoms with Crippen molar-refractivity contribution in [2.45, 2.75) is 39.0 Å². The minimum Gasteiger partial charge on any atom is -0.460 e. The molecule has 0 unspecified atom stereocenters. The summed E-state index contributed by atoms with van der Waals surface area (Å²) in [6.07, 6.45) is 3.68. The van der Waals surface area contributed by atoms with Crippen molar-refractivity contribution in [3.8, 4) is 11.3 Å². The molecule has 2 N–H and O–H groups in total. The molecule has 1 aliphatic heterocycles. The van der Waals surface area contributed by atoms with Crippen LogP contribution in [0.15, 0.2) is 86.2 Å². The highest BCUT2D eigenvalue weighted by atomic mass is 79.9. The van der Waals surface area contributed by atoms with Crippen molar-refractivity contribution in [1.29, 1.82) is 0 Å². The number of Topliss-reactive ketones (excluding diaryl/α,β-unsaturated/α-hetero) is 1. The summed E-state index contributed by atoms with van der Waals surface area (Å²) in [4.78, 5) is 30.9. The molecule has 6 nitrogen and oxygen atoms in total. The second kappa shape index (κ2) is 9.06. The fraction of sp³-hybridized carbons (Fsp3) is 0.222. The molecule has 3 aromatic rings. The van der Waals surface area contributed by atoms with Gasteiger partial charge in [-0.15, -0.1) is 0 Å². The molecule has 0 radical (unpaired) electrons. The standard InChI is InChI=1S/C27H24BrN3O3/c1-15-12-13-29-23(14-15)31-27(33)24-16(2)30-19-4-3-5-20(32)25(19)26(24)22-11-10-21(34-22)17-6-8-18(28)9-7-17/h6-14,26,30H,3-5H2,1-2H3,(H,29,31,33)/t26-/m1/s1. The van der Waals surface area contributed by atoms with Crippen molar-refractivity contribution in [1.82, 2.24) is 10.3 Å². The Hall–Kier alpha value is -3.45. The predicted molar refractivity (Wildman–Crippen MR) is 134 cm³/mol. The van der Waals surface area contributed by atoms with E-state index in [1.165, 1.54) is 0 Å². The van der Waals surface area contributed by atoms with Gasteiger partial charge in [0.25, 0.3) is 5.91 Å². The number of halogens is 1. The Bertz CT molecular complexity index is 1350. The van der Waals surface area contributed by atoms with Crippen molar-refractivity contribution in [3.63, 3.8) is 0 Å². The van der Waals surface area contributed by atoms with E-state index in [0.717, 1.165) is 34.1 Å². The minimum atomic E-state index is -0.585. The van der Waals surface area contributed by atoms with Crippen LogP contribution in [0.25, 0.3) is 11.3 Å². The largest absolute Gasteiger partial charge is 0.460 e.